The molecule has 1 amide bonds. The lowest BCUT2D eigenvalue weighted by Gasteiger charge is -2.24. The lowest BCUT2D eigenvalue weighted by atomic mass is 10.0. The second kappa shape index (κ2) is 8.05. The van der Waals surface area contributed by atoms with Crippen LogP contribution in [0.2, 0.25) is 0 Å². The van der Waals surface area contributed by atoms with Crippen LogP contribution < -0.4 is 10.6 Å². The van der Waals surface area contributed by atoms with Gasteiger partial charge < -0.3 is 25.2 Å². The summed E-state index contributed by atoms with van der Waals surface area (Å²) < 4.78 is 10.8. The summed E-state index contributed by atoms with van der Waals surface area (Å²) in [5.41, 5.74) is 2.99. The Labute approximate surface area is 172 Å². The number of anilines is 2. The molecule has 30 heavy (non-hydrogen) atoms. The number of allylic oxidation sites excluding steroid dienone is 1. The third kappa shape index (κ3) is 3.80. The van der Waals surface area contributed by atoms with Gasteiger partial charge in [-0.25, -0.2) is 14.8 Å². The number of ether oxygens (including phenoxy) is 2. The molecule has 154 valence electrons. The van der Waals surface area contributed by atoms with Crippen molar-refractivity contribution in [2.75, 3.05) is 24.9 Å². The van der Waals surface area contributed by atoms with Gasteiger partial charge in [0.1, 0.15) is 12.2 Å². The van der Waals surface area contributed by atoms with Gasteiger partial charge >= 0.3 is 5.97 Å². The van der Waals surface area contributed by atoms with Gasteiger partial charge in [-0.3, -0.25) is 4.79 Å². The number of nitrogens with one attached hydrogen (secondary N) is 2. The molecule has 0 radical (unpaired) electrons. The lowest BCUT2D eigenvalue weighted by molar-refractivity contribution is -0.115. The summed E-state index contributed by atoms with van der Waals surface area (Å²) in [6, 6.07) is 4.52. The molecule has 1 aliphatic carbocycles. The number of rotatable bonds is 5. The molecule has 0 fully saturated rings. The highest BCUT2D eigenvalue weighted by molar-refractivity contribution is 6.01. The molecule has 2 unspecified atom stereocenters. The van der Waals surface area contributed by atoms with Crippen molar-refractivity contribution in [2.24, 2.45) is 0 Å². The number of methoxy groups -OCH3 is 2. The number of fused-ring (bicyclic) bond motifs is 3. The standard InChI is InChI=1S/C21H20N4O5/c1-29-16-6-4-13(9-17(16)30-2)23-21-22-10-12-8-18(26)24-15-5-3-11(20(27)28)7-14(15)19(12)25-21/h3-7,9-10,16-17H,8H2,1-2H3,(H,24,26)(H,27,28)(H,22,23,25). The van der Waals surface area contributed by atoms with Crippen LogP contribution in [0.4, 0.5) is 11.6 Å². The number of hydrogen-bond donors (Lipinski definition) is 3. The van der Waals surface area contributed by atoms with Gasteiger partial charge in [-0.15, -0.1) is 0 Å². The number of hydrogen-bond acceptors (Lipinski definition) is 7. The Balaban J connectivity index is 1.72. The minimum Gasteiger partial charge on any atom is -0.478 e. The first-order chi connectivity index (χ1) is 14.5. The number of amides is 1. The molecular formula is C21H20N4O5. The van der Waals surface area contributed by atoms with E-state index in [-0.39, 0.29) is 30.1 Å². The quantitative estimate of drug-likeness (QED) is 0.688. The molecule has 2 aromatic rings. The Kier molecular flexibility index (Phi) is 5.30. The molecule has 1 aliphatic heterocycles. The zero-order valence-electron chi connectivity index (χ0n) is 16.4. The second-order valence-electron chi connectivity index (χ2n) is 6.86. The summed E-state index contributed by atoms with van der Waals surface area (Å²) in [6.45, 7) is 0. The molecule has 0 saturated carbocycles. The van der Waals surface area contributed by atoms with Gasteiger partial charge in [-0.1, -0.05) is 6.08 Å². The van der Waals surface area contributed by atoms with Crippen LogP contribution in [-0.2, 0) is 20.7 Å². The molecule has 9 nitrogen and oxygen atoms in total. The molecule has 0 bridgehead atoms. The number of carboxylic acid groups (broad SMARTS) is 1. The van der Waals surface area contributed by atoms with E-state index >= 15 is 0 Å². The zero-order valence-corrected chi connectivity index (χ0v) is 16.4. The van der Waals surface area contributed by atoms with Gasteiger partial charge in [-0.05, 0) is 30.4 Å². The summed E-state index contributed by atoms with van der Waals surface area (Å²) in [6.07, 6.45) is 6.81. The van der Waals surface area contributed by atoms with Gasteiger partial charge in [0, 0.05) is 37.2 Å². The van der Waals surface area contributed by atoms with E-state index in [0.717, 1.165) is 5.70 Å². The molecule has 0 spiro atoms. The SMILES string of the molecule is COC1C=CC(Nc2ncc3c(n2)-c2cc(C(=O)O)ccc2NC(=O)C3)=CC1OC. The largest absolute Gasteiger partial charge is 0.478 e. The molecule has 3 N–H and O–H groups in total. The first-order valence-electron chi connectivity index (χ1n) is 9.24. The van der Waals surface area contributed by atoms with Crippen molar-refractivity contribution >= 4 is 23.5 Å². The van der Waals surface area contributed by atoms with E-state index in [4.69, 9.17) is 9.47 Å². The average molecular weight is 408 g/mol. The van der Waals surface area contributed by atoms with E-state index in [0.29, 0.717) is 28.5 Å². The third-order valence-electron chi connectivity index (χ3n) is 4.94. The molecule has 2 heterocycles. The van der Waals surface area contributed by atoms with Crippen molar-refractivity contribution in [1.29, 1.82) is 0 Å². The van der Waals surface area contributed by atoms with E-state index < -0.39 is 5.97 Å². The van der Waals surface area contributed by atoms with Crippen molar-refractivity contribution in [3.8, 4) is 11.3 Å². The Morgan fingerprint density at radius 3 is 2.80 bits per heavy atom. The van der Waals surface area contributed by atoms with Gasteiger partial charge in [-0.2, -0.15) is 0 Å². The van der Waals surface area contributed by atoms with Gasteiger partial charge in [0.05, 0.1) is 23.4 Å². The number of benzene rings is 1. The number of carbonyl (C=O) groups excluding carboxylic acids is 1. The second-order valence-corrected chi connectivity index (χ2v) is 6.86. The molecule has 2 aliphatic rings. The zero-order chi connectivity index (χ0) is 21.3. The normalized spacial score (nSPS) is 19.8. The topological polar surface area (TPSA) is 123 Å². The van der Waals surface area contributed by atoms with Crippen LogP contribution in [0.5, 0.6) is 0 Å². The van der Waals surface area contributed by atoms with Crippen LogP contribution in [-0.4, -0.2) is 53.4 Å². The fourth-order valence-corrected chi connectivity index (χ4v) is 3.44. The minimum absolute atomic E-state index is 0.0938. The highest BCUT2D eigenvalue weighted by atomic mass is 16.5. The molecule has 2 atom stereocenters. The maximum Gasteiger partial charge on any atom is 0.335 e. The average Bonchev–Trinajstić information content (AvgIpc) is 2.88. The molecule has 1 aromatic carbocycles. The Bertz CT molecular complexity index is 1080. The molecule has 1 aromatic heterocycles. The summed E-state index contributed by atoms with van der Waals surface area (Å²) in [4.78, 5) is 32.5. The molecule has 0 saturated heterocycles. The maximum absolute atomic E-state index is 12.2. The Hall–Kier alpha value is -3.56. The van der Waals surface area contributed by atoms with Crippen molar-refractivity contribution in [3.63, 3.8) is 0 Å². The van der Waals surface area contributed by atoms with Crippen molar-refractivity contribution in [2.45, 2.75) is 18.6 Å². The van der Waals surface area contributed by atoms with Crippen LogP contribution in [0.15, 0.2) is 48.3 Å². The first-order valence-corrected chi connectivity index (χ1v) is 9.24. The molecule has 9 heteroatoms. The van der Waals surface area contributed by atoms with Crippen molar-refractivity contribution in [1.82, 2.24) is 9.97 Å². The Morgan fingerprint density at radius 2 is 2.07 bits per heavy atom. The highest BCUT2D eigenvalue weighted by Crippen LogP contribution is 2.34. The van der Waals surface area contributed by atoms with E-state index in [1.165, 1.54) is 12.1 Å². The number of aromatic carboxylic acids is 1. The van der Waals surface area contributed by atoms with Crippen molar-refractivity contribution < 1.29 is 24.2 Å². The number of carbonyl (C=O) groups is 2. The van der Waals surface area contributed by atoms with Gasteiger partial charge in [0.15, 0.2) is 0 Å². The number of carboxylic acids is 1. The van der Waals surface area contributed by atoms with Crippen molar-refractivity contribution in [3.05, 3.63) is 59.4 Å². The van der Waals surface area contributed by atoms with E-state index in [9.17, 15) is 14.7 Å². The molecule has 4 rings (SSSR count). The summed E-state index contributed by atoms with van der Waals surface area (Å²) in [5, 5.41) is 15.3. The Morgan fingerprint density at radius 1 is 1.27 bits per heavy atom. The summed E-state index contributed by atoms with van der Waals surface area (Å²) >= 11 is 0. The van der Waals surface area contributed by atoms with E-state index in [1.807, 2.05) is 18.2 Å². The smallest absolute Gasteiger partial charge is 0.335 e. The fraction of sp³-hybridized carbons (Fsp3) is 0.238. The van der Waals surface area contributed by atoms with Gasteiger partial charge in [0.25, 0.3) is 0 Å². The first kappa shape index (κ1) is 19.7. The lowest BCUT2D eigenvalue weighted by Crippen LogP contribution is -2.29. The number of nitrogens with zero attached hydrogens (tertiary/aromatic N) is 2. The highest BCUT2D eigenvalue weighted by Gasteiger charge is 2.24. The summed E-state index contributed by atoms with van der Waals surface area (Å²) in [5.74, 6) is -0.955. The predicted molar refractivity (Wildman–Crippen MR) is 109 cm³/mol. The van der Waals surface area contributed by atoms with E-state index in [2.05, 4.69) is 20.6 Å². The van der Waals surface area contributed by atoms with Gasteiger partial charge in [0.2, 0.25) is 11.9 Å². The van der Waals surface area contributed by atoms with Crippen LogP contribution in [0, 0.1) is 0 Å². The van der Waals surface area contributed by atoms with Crippen LogP contribution >= 0.6 is 0 Å². The van der Waals surface area contributed by atoms with Crippen LogP contribution in [0.25, 0.3) is 11.3 Å². The molecular weight excluding hydrogens is 388 g/mol. The summed E-state index contributed by atoms with van der Waals surface area (Å²) in [7, 11) is 3.21. The minimum atomic E-state index is -1.06. The number of aromatic nitrogens is 2. The van der Waals surface area contributed by atoms with Crippen LogP contribution in [0.3, 0.4) is 0 Å². The fourth-order valence-electron chi connectivity index (χ4n) is 3.44. The third-order valence-corrected chi connectivity index (χ3v) is 4.94. The van der Waals surface area contributed by atoms with E-state index in [1.54, 1.807) is 26.5 Å². The van der Waals surface area contributed by atoms with Crippen LogP contribution in [0.1, 0.15) is 15.9 Å². The predicted octanol–water partition coefficient (Wildman–Crippen LogP) is 2.23. The monoisotopic (exact) mass is 408 g/mol. The maximum atomic E-state index is 12.2.